The van der Waals surface area contributed by atoms with Crippen molar-refractivity contribution in [2.75, 3.05) is 4.90 Å². The van der Waals surface area contributed by atoms with Gasteiger partial charge in [-0.3, -0.25) is 9.69 Å². The van der Waals surface area contributed by atoms with E-state index in [1.54, 1.807) is 0 Å². The maximum absolute atomic E-state index is 12.0. The number of hydrogen-bond acceptors (Lipinski definition) is 2. The topological polar surface area (TPSA) is 46.3 Å². The maximum Gasteiger partial charge on any atom is 0.233 e. The number of para-hydroxylation sites is 1. The van der Waals surface area contributed by atoms with E-state index in [1.807, 2.05) is 30.3 Å². The molecule has 0 unspecified atom stereocenters. The Morgan fingerprint density at radius 1 is 1.29 bits per heavy atom. The number of nitrogens with two attached hydrogens (primary N) is 1. The molecule has 2 N–H and O–H groups in total. The van der Waals surface area contributed by atoms with Gasteiger partial charge < -0.3 is 5.73 Å². The Morgan fingerprint density at radius 3 is 2.47 bits per heavy atom. The molecule has 0 fully saturated rings. The van der Waals surface area contributed by atoms with E-state index in [9.17, 15) is 4.79 Å². The molecule has 0 spiro atoms. The van der Waals surface area contributed by atoms with Crippen molar-refractivity contribution in [1.29, 1.82) is 0 Å². The van der Waals surface area contributed by atoms with Crippen molar-refractivity contribution in [3.05, 3.63) is 30.3 Å². The zero-order chi connectivity index (χ0) is 12.7. The largest absolute Gasteiger partial charge is 0.376 e. The zero-order valence-electron chi connectivity index (χ0n) is 10.1. The van der Waals surface area contributed by atoms with Crippen LogP contribution in [0, 0.1) is 0 Å². The highest BCUT2D eigenvalue weighted by atomic mass is 32.1. The summed E-state index contributed by atoms with van der Waals surface area (Å²) in [4.78, 5) is 13.4. The molecule has 0 heterocycles. The Morgan fingerprint density at radius 2 is 1.94 bits per heavy atom. The minimum Gasteiger partial charge on any atom is -0.376 e. The lowest BCUT2D eigenvalue weighted by Crippen LogP contribution is -2.40. The van der Waals surface area contributed by atoms with Crippen LogP contribution in [0.15, 0.2) is 30.3 Å². The number of amides is 1. The molecule has 0 aliphatic rings. The first-order valence-electron chi connectivity index (χ1n) is 5.84. The zero-order valence-corrected chi connectivity index (χ0v) is 10.9. The highest BCUT2D eigenvalue weighted by Gasteiger charge is 2.17. The smallest absolute Gasteiger partial charge is 0.233 e. The normalized spacial score (nSPS) is 9.94. The number of carbonyl (C=O) groups excluding carboxylic acids is 1. The summed E-state index contributed by atoms with van der Waals surface area (Å²) in [6.45, 7) is 2.10. The average molecular weight is 250 g/mol. The second-order valence-corrected chi connectivity index (χ2v) is 4.28. The van der Waals surface area contributed by atoms with Crippen LogP contribution in [-0.4, -0.2) is 11.0 Å². The first-order chi connectivity index (χ1) is 8.16. The molecule has 1 aromatic carbocycles. The standard InChI is InChI=1S/C13H18N2OS/c1-2-3-5-10-12(16)15(13(14)17)11-8-6-4-7-9-11/h4,6-9H,2-3,5,10H2,1H3,(H2,14,17). The highest BCUT2D eigenvalue weighted by molar-refractivity contribution is 7.80. The van der Waals surface area contributed by atoms with Crippen LogP contribution in [-0.2, 0) is 4.79 Å². The Bertz CT molecular complexity index is 378. The number of carbonyl (C=O) groups is 1. The third kappa shape index (κ3) is 4.15. The number of nitrogens with zero attached hydrogens (tertiary/aromatic N) is 1. The molecular weight excluding hydrogens is 232 g/mol. The number of thiocarbonyl (C=S) groups is 1. The van der Waals surface area contributed by atoms with Crippen LogP contribution >= 0.6 is 12.2 Å². The summed E-state index contributed by atoms with van der Waals surface area (Å²) in [7, 11) is 0. The molecule has 4 heteroatoms. The molecule has 1 aromatic rings. The van der Waals surface area contributed by atoms with E-state index < -0.39 is 0 Å². The molecule has 0 aliphatic carbocycles. The quantitative estimate of drug-likeness (QED) is 0.645. The first-order valence-corrected chi connectivity index (χ1v) is 6.25. The SMILES string of the molecule is CCCCCC(=O)N(C(N)=S)c1ccccc1. The third-order valence-electron chi connectivity index (χ3n) is 2.48. The minimum atomic E-state index is -0.0304. The summed E-state index contributed by atoms with van der Waals surface area (Å²) >= 11 is 4.94. The lowest BCUT2D eigenvalue weighted by molar-refractivity contribution is -0.117. The Balaban J connectivity index is 2.73. The molecule has 0 radical (unpaired) electrons. The van der Waals surface area contributed by atoms with Crippen molar-refractivity contribution < 1.29 is 4.79 Å². The predicted octanol–water partition coefficient (Wildman–Crippen LogP) is 2.84. The van der Waals surface area contributed by atoms with Gasteiger partial charge in [-0.05, 0) is 30.8 Å². The van der Waals surface area contributed by atoms with E-state index in [2.05, 4.69) is 6.92 Å². The highest BCUT2D eigenvalue weighted by Crippen LogP contribution is 2.15. The lowest BCUT2D eigenvalue weighted by Gasteiger charge is -2.20. The number of anilines is 1. The number of unbranched alkanes of at least 4 members (excludes halogenated alkanes) is 2. The molecule has 0 saturated carbocycles. The maximum atomic E-state index is 12.0. The predicted molar refractivity (Wildman–Crippen MR) is 74.9 cm³/mol. The molecule has 3 nitrogen and oxygen atoms in total. The minimum absolute atomic E-state index is 0.0304. The van der Waals surface area contributed by atoms with Crippen LogP contribution in [0.4, 0.5) is 5.69 Å². The fourth-order valence-corrected chi connectivity index (χ4v) is 1.82. The van der Waals surface area contributed by atoms with Crippen LogP contribution in [0.5, 0.6) is 0 Å². The summed E-state index contributed by atoms with van der Waals surface area (Å²) in [6.07, 6.45) is 3.50. The van der Waals surface area contributed by atoms with Gasteiger partial charge in [0.05, 0.1) is 5.69 Å². The number of hydrogen-bond donors (Lipinski definition) is 1. The summed E-state index contributed by atoms with van der Waals surface area (Å²) in [5, 5.41) is 0.109. The molecule has 0 aliphatic heterocycles. The second kappa shape index (κ2) is 7.01. The van der Waals surface area contributed by atoms with Gasteiger partial charge in [0.25, 0.3) is 0 Å². The molecule has 0 bridgehead atoms. The van der Waals surface area contributed by atoms with Gasteiger partial charge in [-0.25, -0.2) is 0 Å². The first kappa shape index (κ1) is 13.6. The van der Waals surface area contributed by atoms with Crippen LogP contribution in [0.1, 0.15) is 32.6 Å². The van der Waals surface area contributed by atoms with Gasteiger partial charge in [0.1, 0.15) is 0 Å². The van der Waals surface area contributed by atoms with Crippen molar-refractivity contribution in [2.24, 2.45) is 5.73 Å². The van der Waals surface area contributed by atoms with Crippen LogP contribution < -0.4 is 10.6 Å². The molecule has 0 aromatic heterocycles. The average Bonchev–Trinajstić information content (AvgIpc) is 2.30. The summed E-state index contributed by atoms with van der Waals surface area (Å²) in [5.41, 5.74) is 6.35. The van der Waals surface area contributed by atoms with E-state index in [-0.39, 0.29) is 11.0 Å². The summed E-state index contributed by atoms with van der Waals surface area (Å²) in [5.74, 6) is -0.0304. The Hall–Kier alpha value is -1.42. The lowest BCUT2D eigenvalue weighted by atomic mass is 10.2. The molecule has 0 saturated heterocycles. The van der Waals surface area contributed by atoms with Gasteiger partial charge in [-0.1, -0.05) is 38.0 Å². The molecule has 92 valence electrons. The Kier molecular flexibility index (Phi) is 5.63. The monoisotopic (exact) mass is 250 g/mol. The van der Waals surface area contributed by atoms with Crippen molar-refractivity contribution in [3.8, 4) is 0 Å². The number of benzene rings is 1. The van der Waals surface area contributed by atoms with Crippen molar-refractivity contribution in [3.63, 3.8) is 0 Å². The van der Waals surface area contributed by atoms with Crippen LogP contribution in [0.2, 0.25) is 0 Å². The van der Waals surface area contributed by atoms with Crippen molar-refractivity contribution >= 4 is 28.9 Å². The van der Waals surface area contributed by atoms with E-state index >= 15 is 0 Å². The van der Waals surface area contributed by atoms with E-state index in [4.69, 9.17) is 18.0 Å². The van der Waals surface area contributed by atoms with Crippen molar-refractivity contribution in [2.45, 2.75) is 32.6 Å². The molecule has 1 rings (SSSR count). The number of rotatable bonds is 5. The van der Waals surface area contributed by atoms with Crippen molar-refractivity contribution in [1.82, 2.24) is 0 Å². The molecule has 17 heavy (non-hydrogen) atoms. The third-order valence-corrected chi connectivity index (χ3v) is 2.66. The Labute approximate surface area is 108 Å². The fraction of sp³-hybridized carbons (Fsp3) is 0.385. The summed E-state index contributed by atoms with van der Waals surface area (Å²) in [6, 6.07) is 9.27. The fourth-order valence-electron chi connectivity index (χ4n) is 1.61. The molecule has 1 amide bonds. The molecule has 0 atom stereocenters. The van der Waals surface area contributed by atoms with Crippen LogP contribution in [0.3, 0.4) is 0 Å². The molecular formula is C13H18N2OS. The van der Waals surface area contributed by atoms with Crippen LogP contribution in [0.25, 0.3) is 0 Å². The van der Waals surface area contributed by atoms with Gasteiger partial charge >= 0.3 is 0 Å². The van der Waals surface area contributed by atoms with Gasteiger partial charge in [0, 0.05) is 6.42 Å². The van der Waals surface area contributed by atoms with Gasteiger partial charge in [-0.15, -0.1) is 0 Å². The van der Waals surface area contributed by atoms with Gasteiger partial charge in [0.15, 0.2) is 5.11 Å². The van der Waals surface area contributed by atoms with E-state index in [0.717, 1.165) is 24.9 Å². The second-order valence-electron chi connectivity index (χ2n) is 3.86. The summed E-state index contributed by atoms with van der Waals surface area (Å²) < 4.78 is 0. The van der Waals surface area contributed by atoms with Gasteiger partial charge in [0.2, 0.25) is 5.91 Å². The van der Waals surface area contributed by atoms with Gasteiger partial charge in [-0.2, -0.15) is 0 Å². The van der Waals surface area contributed by atoms with E-state index in [0.29, 0.717) is 6.42 Å². The van der Waals surface area contributed by atoms with E-state index in [1.165, 1.54) is 4.90 Å².